The number of para-hydroxylation sites is 1. The van der Waals surface area contributed by atoms with E-state index in [4.69, 9.17) is 9.47 Å². The predicted molar refractivity (Wildman–Crippen MR) is 93.9 cm³/mol. The van der Waals surface area contributed by atoms with Gasteiger partial charge in [0.05, 0.1) is 24.2 Å². The monoisotopic (exact) mass is 346 g/mol. The molecule has 1 amide bonds. The number of fused-ring (bicyclic) bond motifs is 1. The number of hydrogen-bond donors (Lipinski definition) is 0. The maximum absolute atomic E-state index is 12.7. The standard InChI is InChI=1S/C18H22N2O3S/c1-12-16(24-11-19-12)7-8-20(2)18(21)14-9-13-5-4-6-15(22-3)17(13)23-10-14/h4-6,11,14H,7-10H2,1-3H3/t14-/m0/s1. The van der Waals surface area contributed by atoms with Crippen LogP contribution in [0.15, 0.2) is 23.7 Å². The van der Waals surface area contributed by atoms with E-state index in [1.165, 1.54) is 4.88 Å². The Labute approximate surface area is 146 Å². The van der Waals surface area contributed by atoms with Crippen LogP contribution in [0.5, 0.6) is 11.5 Å². The van der Waals surface area contributed by atoms with Gasteiger partial charge < -0.3 is 14.4 Å². The van der Waals surface area contributed by atoms with Crippen LogP contribution in [-0.4, -0.2) is 43.1 Å². The van der Waals surface area contributed by atoms with Crippen molar-refractivity contribution in [1.82, 2.24) is 9.88 Å². The molecule has 2 aromatic rings. The maximum atomic E-state index is 12.7. The molecule has 0 radical (unpaired) electrons. The van der Waals surface area contributed by atoms with E-state index in [-0.39, 0.29) is 11.8 Å². The van der Waals surface area contributed by atoms with Crippen molar-refractivity contribution in [3.63, 3.8) is 0 Å². The Bertz CT molecular complexity index is 729. The second-order valence-electron chi connectivity index (χ2n) is 6.03. The van der Waals surface area contributed by atoms with Crippen LogP contribution in [0.1, 0.15) is 16.1 Å². The van der Waals surface area contributed by atoms with E-state index in [2.05, 4.69) is 4.98 Å². The lowest BCUT2D eigenvalue weighted by Gasteiger charge is -2.29. The summed E-state index contributed by atoms with van der Waals surface area (Å²) in [6, 6.07) is 5.81. The zero-order chi connectivity index (χ0) is 17.1. The number of benzene rings is 1. The number of methoxy groups -OCH3 is 1. The number of likely N-dealkylation sites (N-methyl/N-ethyl adjacent to an activating group) is 1. The molecule has 1 aromatic carbocycles. The van der Waals surface area contributed by atoms with Gasteiger partial charge in [-0.3, -0.25) is 4.79 Å². The van der Waals surface area contributed by atoms with E-state index in [9.17, 15) is 4.79 Å². The second kappa shape index (κ2) is 7.21. The van der Waals surface area contributed by atoms with Crippen molar-refractivity contribution in [3.8, 4) is 11.5 Å². The van der Waals surface area contributed by atoms with Crippen LogP contribution in [0.25, 0.3) is 0 Å². The lowest BCUT2D eigenvalue weighted by Crippen LogP contribution is -2.39. The fourth-order valence-corrected chi connectivity index (χ4v) is 3.74. The summed E-state index contributed by atoms with van der Waals surface area (Å²) < 4.78 is 11.1. The van der Waals surface area contributed by atoms with Gasteiger partial charge in [-0.1, -0.05) is 12.1 Å². The molecule has 5 nitrogen and oxygen atoms in total. The summed E-state index contributed by atoms with van der Waals surface area (Å²) in [6.45, 7) is 3.10. The van der Waals surface area contributed by atoms with E-state index in [1.54, 1.807) is 23.3 Å². The molecule has 1 aliphatic heterocycles. The summed E-state index contributed by atoms with van der Waals surface area (Å²) in [5.41, 5.74) is 3.94. The first-order valence-corrected chi connectivity index (χ1v) is 8.90. The van der Waals surface area contributed by atoms with Crippen LogP contribution < -0.4 is 9.47 Å². The third kappa shape index (κ3) is 3.38. The highest BCUT2D eigenvalue weighted by atomic mass is 32.1. The second-order valence-corrected chi connectivity index (χ2v) is 6.97. The number of rotatable bonds is 5. The fraction of sp³-hybridized carbons (Fsp3) is 0.444. The van der Waals surface area contributed by atoms with Crippen molar-refractivity contribution in [1.29, 1.82) is 0 Å². The third-order valence-electron chi connectivity index (χ3n) is 4.42. The molecular formula is C18H22N2O3S. The SMILES string of the molecule is COc1cccc2c1OC[C@@H](C(=O)N(C)CCc1scnc1C)C2. The zero-order valence-corrected chi connectivity index (χ0v) is 15.1. The van der Waals surface area contributed by atoms with Gasteiger partial charge in [-0.25, -0.2) is 4.98 Å². The number of carbonyl (C=O) groups excluding carboxylic acids is 1. The first kappa shape index (κ1) is 16.8. The van der Waals surface area contributed by atoms with Crippen LogP contribution in [0.4, 0.5) is 0 Å². The van der Waals surface area contributed by atoms with Crippen molar-refractivity contribution in [3.05, 3.63) is 39.8 Å². The molecule has 24 heavy (non-hydrogen) atoms. The molecule has 0 spiro atoms. The summed E-state index contributed by atoms with van der Waals surface area (Å²) in [5.74, 6) is 1.49. The van der Waals surface area contributed by atoms with Crippen molar-refractivity contribution in [2.24, 2.45) is 5.92 Å². The number of aryl methyl sites for hydroxylation is 1. The van der Waals surface area contributed by atoms with Crippen LogP contribution in [0, 0.1) is 12.8 Å². The van der Waals surface area contributed by atoms with Gasteiger partial charge in [-0.15, -0.1) is 11.3 Å². The van der Waals surface area contributed by atoms with Gasteiger partial charge in [-0.2, -0.15) is 0 Å². The van der Waals surface area contributed by atoms with Crippen molar-refractivity contribution in [2.45, 2.75) is 19.8 Å². The summed E-state index contributed by atoms with van der Waals surface area (Å²) in [7, 11) is 3.49. The van der Waals surface area contributed by atoms with Gasteiger partial charge in [0.1, 0.15) is 6.61 Å². The fourth-order valence-electron chi connectivity index (χ4n) is 2.97. The highest BCUT2D eigenvalue weighted by molar-refractivity contribution is 7.09. The Balaban J connectivity index is 1.62. The lowest BCUT2D eigenvalue weighted by atomic mass is 9.95. The van der Waals surface area contributed by atoms with Gasteiger partial charge in [0, 0.05) is 24.9 Å². The Morgan fingerprint density at radius 3 is 3.04 bits per heavy atom. The molecule has 0 fully saturated rings. The van der Waals surface area contributed by atoms with Crippen molar-refractivity contribution >= 4 is 17.2 Å². The van der Waals surface area contributed by atoms with Crippen LogP contribution in [-0.2, 0) is 17.6 Å². The minimum atomic E-state index is -0.142. The van der Waals surface area contributed by atoms with Gasteiger partial charge >= 0.3 is 0 Å². The molecule has 0 saturated heterocycles. The van der Waals surface area contributed by atoms with Gasteiger partial charge in [0.25, 0.3) is 0 Å². The minimum absolute atomic E-state index is 0.130. The quantitative estimate of drug-likeness (QED) is 0.835. The van der Waals surface area contributed by atoms with E-state index >= 15 is 0 Å². The van der Waals surface area contributed by atoms with E-state index in [0.717, 1.165) is 29.2 Å². The highest BCUT2D eigenvalue weighted by Crippen LogP contribution is 2.36. The minimum Gasteiger partial charge on any atom is -0.493 e. The topological polar surface area (TPSA) is 51.7 Å². The van der Waals surface area contributed by atoms with Crippen molar-refractivity contribution in [2.75, 3.05) is 27.3 Å². The molecule has 0 bridgehead atoms. The number of nitrogens with zero attached hydrogens (tertiary/aromatic N) is 2. The molecule has 1 aromatic heterocycles. The van der Waals surface area contributed by atoms with Gasteiger partial charge in [-0.05, 0) is 25.0 Å². The number of ether oxygens (including phenoxy) is 2. The summed E-state index contributed by atoms with van der Waals surface area (Å²) in [5, 5.41) is 0. The molecule has 0 aliphatic carbocycles. The third-order valence-corrected chi connectivity index (χ3v) is 5.42. The average Bonchev–Trinajstić information content (AvgIpc) is 3.02. The number of amides is 1. The van der Waals surface area contributed by atoms with E-state index in [0.29, 0.717) is 19.6 Å². The van der Waals surface area contributed by atoms with E-state index in [1.807, 2.05) is 37.7 Å². The highest BCUT2D eigenvalue weighted by Gasteiger charge is 2.29. The van der Waals surface area contributed by atoms with Gasteiger partial charge in [0.15, 0.2) is 11.5 Å². The number of carbonyl (C=O) groups is 1. The Hall–Kier alpha value is -2.08. The molecule has 128 valence electrons. The summed E-state index contributed by atoms with van der Waals surface area (Å²) in [6.07, 6.45) is 1.53. The summed E-state index contributed by atoms with van der Waals surface area (Å²) in [4.78, 5) is 20.0. The Kier molecular flexibility index (Phi) is 5.04. The smallest absolute Gasteiger partial charge is 0.229 e. The van der Waals surface area contributed by atoms with E-state index < -0.39 is 0 Å². The molecule has 1 atom stereocenters. The largest absolute Gasteiger partial charge is 0.493 e. The number of thiazole rings is 1. The Morgan fingerprint density at radius 2 is 2.33 bits per heavy atom. The molecule has 0 unspecified atom stereocenters. The average molecular weight is 346 g/mol. The first-order chi connectivity index (χ1) is 11.6. The maximum Gasteiger partial charge on any atom is 0.229 e. The lowest BCUT2D eigenvalue weighted by molar-refractivity contribution is -0.135. The molecule has 3 rings (SSSR count). The van der Waals surface area contributed by atoms with Crippen LogP contribution >= 0.6 is 11.3 Å². The molecule has 1 aliphatic rings. The first-order valence-electron chi connectivity index (χ1n) is 8.02. The molecule has 0 saturated carbocycles. The van der Waals surface area contributed by atoms with Gasteiger partial charge in [0.2, 0.25) is 5.91 Å². The number of hydrogen-bond acceptors (Lipinski definition) is 5. The van der Waals surface area contributed by atoms with Crippen molar-refractivity contribution < 1.29 is 14.3 Å². The zero-order valence-electron chi connectivity index (χ0n) is 14.2. The molecule has 0 N–H and O–H groups in total. The molecule has 2 heterocycles. The summed E-state index contributed by atoms with van der Waals surface area (Å²) >= 11 is 1.65. The normalized spacial score (nSPS) is 16.2. The Morgan fingerprint density at radius 1 is 1.50 bits per heavy atom. The molecular weight excluding hydrogens is 324 g/mol. The number of aromatic nitrogens is 1. The van der Waals surface area contributed by atoms with Crippen LogP contribution in [0.2, 0.25) is 0 Å². The molecule has 6 heteroatoms. The predicted octanol–water partition coefficient (Wildman–Crippen LogP) is 2.71. The van der Waals surface area contributed by atoms with Crippen LogP contribution in [0.3, 0.4) is 0 Å².